The number of carbonyl (C=O) groups is 1. The molecule has 2 aromatic carbocycles. The predicted molar refractivity (Wildman–Crippen MR) is 125 cm³/mol. The number of amides is 1. The molecule has 0 aliphatic heterocycles. The first kappa shape index (κ1) is 22.5. The van der Waals surface area contributed by atoms with Crippen molar-refractivity contribution in [3.63, 3.8) is 0 Å². The molecule has 0 saturated heterocycles. The number of hydrogen-bond donors (Lipinski definition) is 1. The van der Waals surface area contributed by atoms with Crippen molar-refractivity contribution in [3.05, 3.63) is 64.9 Å². The first-order chi connectivity index (χ1) is 15.6. The van der Waals surface area contributed by atoms with Gasteiger partial charge in [-0.2, -0.15) is 5.10 Å². The summed E-state index contributed by atoms with van der Waals surface area (Å²) in [6.07, 6.45) is 6.98. The molecule has 1 heterocycles. The highest BCUT2D eigenvalue weighted by molar-refractivity contribution is 7.99. The molecule has 9 heteroatoms. The fourth-order valence-corrected chi connectivity index (χ4v) is 4.68. The summed E-state index contributed by atoms with van der Waals surface area (Å²) >= 11 is 7.36. The van der Waals surface area contributed by atoms with Gasteiger partial charge in [-0.1, -0.05) is 60.8 Å². The van der Waals surface area contributed by atoms with Crippen LogP contribution < -0.4 is 5.43 Å². The zero-order chi connectivity index (χ0) is 22.3. The third-order valence-electron chi connectivity index (χ3n) is 5.34. The quantitative estimate of drug-likeness (QED) is 0.281. The van der Waals surface area contributed by atoms with Gasteiger partial charge in [0.2, 0.25) is 0 Å². The van der Waals surface area contributed by atoms with Crippen LogP contribution in [0.25, 0.3) is 11.4 Å². The summed E-state index contributed by atoms with van der Waals surface area (Å²) in [5.74, 6) is 0.221. The van der Waals surface area contributed by atoms with E-state index < -0.39 is 5.82 Å². The van der Waals surface area contributed by atoms with E-state index in [0.29, 0.717) is 21.8 Å². The van der Waals surface area contributed by atoms with Gasteiger partial charge in [0.15, 0.2) is 11.0 Å². The Morgan fingerprint density at radius 2 is 1.91 bits per heavy atom. The van der Waals surface area contributed by atoms with Gasteiger partial charge in [-0.3, -0.25) is 9.36 Å². The van der Waals surface area contributed by atoms with Gasteiger partial charge in [0.05, 0.1) is 12.0 Å². The van der Waals surface area contributed by atoms with Crippen LogP contribution in [0.3, 0.4) is 0 Å². The molecular weight excluding hydrogens is 449 g/mol. The zero-order valence-corrected chi connectivity index (χ0v) is 18.9. The Labute approximate surface area is 195 Å². The van der Waals surface area contributed by atoms with Gasteiger partial charge >= 0.3 is 0 Å². The molecule has 1 N–H and O–H groups in total. The van der Waals surface area contributed by atoms with E-state index >= 15 is 0 Å². The molecular formula is C23H23ClFN5OS. The SMILES string of the molecule is O=C(CSc1nnc(-c2ccc(Cl)cc2)n1C1CCCCC1)N/N=C/c1ccccc1F. The van der Waals surface area contributed by atoms with E-state index in [1.807, 2.05) is 24.3 Å². The molecule has 0 spiro atoms. The van der Waals surface area contributed by atoms with Crippen molar-refractivity contribution in [3.8, 4) is 11.4 Å². The second kappa shape index (κ2) is 10.7. The minimum absolute atomic E-state index is 0.125. The smallest absolute Gasteiger partial charge is 0.250 e. The van der Waals surface area contributed by atoms with E-state index in [1.54, 1.807) is 18.2 Å². The van der Waals surface area contributed by atoms with Crippen molar-refractivity contribution in [2.75, 3.05) is 5.75 Å². The van der Waals surface area contributed by atoms with Crippen molar-refractivity contribution in [2.24, 2.45) is 5.10 Å². The number of carbonyl (C=O) groups excluding carboxylic acids is 1. The lowest BCUT2D eigenvalue weighted by Gasteiger charge is -2.25. The summed E-state index contributed by atoms with van der Waals surface area (Å²) in [6, 6.07) is 14.1. The molecule has 3 aromatic rings. The maximum absolute atomic E-state index is 13.6. The number of hydrazone groups is 1. The van der Waals surface area contributed by atoms with Gasteiger partial charge in [0, 0.05) is 22.2 Å². The molecule has 4 rings (SSSR count). The molecule has 1 saturated carbocycles. The van der Waals surface area contributed by atoms with E-state index in [0.717, 1.165) is 37.1 Å². The number of nitrogens with one attached hydrogen (secondary N) is 1. The molecule has 1 aliphatic rings. The van der Waals surface area contributed by atoms with Crippen LogP contribution in [0.15, 0.2) is 58.8 Å². The number of benzene rings is 2. The lowest BCUT2D eigenvalue weighted by atomic mass is 9.95. The number of halogens is 2. The Bertz CT molecular complexity index is 1100. The molecule has 1 aromatic heterocycles. The van der Waals surface area contributed by atoms with Gasteiger partial charge in [0.25, 0.3) is 5.91 Å². The van der Waals surface area contributed by atoms with Gasteiger partial charge < -0.3 is 0 Å². The summed E-state index contributed by atoms with van der Waals surface area (Å²) in [7, 11) is 0. The Kier molecular flexibility index (Phi) is 7.55. The van der Waals surface area contributed by atoms with E-state index in [-0.39, 0.29) is 11.7 Å². The molecule has 1 aliphatic carbocycles. The summed E-state index contributed by atoms with van der Waals surface area (Å²) in [4.78, 5) is 12.3. The van der Waals surface area contributed by atoms with Gasteiger partial charge in [-0.05, 0) is 43.2 Å². The number of aromatic nitrogens is 3. The van der Waals surface area contributed by atoms with Crippen LogP contribution in [0.4, 0.5) is 4.39 Å². The van der Waals surface area contributed by atoms with E-state index in [2.05, 4.69) is 25.3 Å². The monoisotopic (exact) mass is 471 g/mol. The molecule has 1 amide bonds. The highest BCUT2D eigenvalue weighted by atomic mass is 35.5. The summed E-state index contributed by atoms with van der Waals surface area (Å²) in [6.45, 7) is 0. The van der Waals surface area contributed by atoms with Gasteiger partial charge in [-0.15, -0.1) is 10.2 Å². The maximum Gasteiger partial charge on any atom is 0.250 e. The van der Waals surface area contributed by atoms with Gasteiger partial charge in [0.1, 0.15) is 5.82 Å². The molecule has 0 radical (unpaired) electrons. The van der Waals surface area contributed by atoms with E-state index in [1.165, 1.54) is 30.5 Å². The van der Waals surface area contributed by atoms with Gasteiger partial charge in [-0.25, -0.2) is 9.82 Å². The average Bonchev–Trinajstić information content (AvgIpc) is 3.24. The first-order valence-electron chi connectivity index (χ1n) is 10.5. The Morgan fingerprint density at radius 3 is 2.66 bits per heavy atom. The van der Waals surface area contributed by atoms with Crippen molar-refractivity contribution in [1.82, 2.24) is 20.2 Å². The van der Waals surface area contributed by atoms with Crippen LogP contribution in [0.2, 0.25) is 5.02 Å². The van der Waals surface area contributed by atoms with Crippen LogP contribution in [0.1, 0.15) is 43.7 Å². The molecule has 0 bridgehead atoms. The van der Waals surface area contributed by atoms with Crippen molar-refractivity contribution < 1.29 is 9.18 Å². The number of thioether (sulfide) groups is 1. The van der Waals surface area contributed by atoms with Crippen LogP contribution in [0.5, 0.6) is 0 Å². The average molecular weight is 472 g/mol. The predicted octanol–water partition coefficient (Wildman–Crippen LogP) is 5.49. The van der Waals surface area contributed by atoms with Crippen LogP contribution in [-0.2, 0) is 4.79 Å². The second-order valence-electron chi connectivity index (χ2n) is 7.58. The molecule has 6 nitrogen and oxygen atoms in total. The van der Waals surface area contributed by atoms with E-state index in [4.69, 9.17) is 11.6 Å². The normalized spacial score (nSPS) is 14.7. The molecule has 166 valence electrons. The van der Waals surface area contributed by atoms with Crippen LogP contribution >= 0.6 is 23.4 Å². The first-order valence-corrected chi connectivity index (χ1v) is 11.9. The molecule has 0 atom stereocenters. The number of hydrogen-bond acceptors (Lipinski definition) is 5. The minimum Gasteiger partial charge on any atom is -0.299 e. The highest BCUT2D eigenvalue weighted by Crippen LogP contribution is 2.35. The number of nitrogens with zero attached hydrogens (tertiary/aromatic N) is 4. The second-order valence-corrected chi connectivity index (χ2v) is 8.96. The Morgan fingerprint density at radius 1 is 1.16 bits per heavy atom. The number of rotatable bonds is 7. The fraction of sp³-hybridized carbons (Fsp3) is 0.304. The highest BCUT2D eigenvalue weighted by Gasteiger charge is 2.24. The zero-order valence-electron chi connectivity index (χ0n) is 17.4. The lowest BCUT2D eigenvalue weighted by Crippen LogP contribution is -2.21. The summed E-state index contributed by atoms with van der Waals surface area (Å²) in [5, 5.41) is 14.0. The van der Waals surface area contributed by atoms with Crippen LogP contribution in [-0.4, -0.2) is 32.6 Å². The summed E-state index contributed by atoms with van der Waals surface area (Å²) in [5.41, 5.74) is 3.70. The Balaban J connectivity index is 1.46. The molecule has 1 fully saturated rings. The third-order valence-corrected chi connectivity index (χ3v) is 6.53. The van der Waals surface area contributed by atoms with Crippen molar-refractivity contribution in [1.29, 1.82) is 0 Å². The van der Waals surface area contributed by atoms with Crippen molar-refractivity contribution in [2.45, 2.75) is 43.3 Å². The standard InChI is InChI=1S/C23H23ClFN5OS/c24-18-12-10-16(11-13-18)22-28-29-23(30(22)19-7-2-1-3-8-19)32-15-21(31)27-26-14-17-6-4-5-9-20(17)25/h4-6,9-14,19H,1-3,7-8,15H2,(H,27,31)/b26-14+. The molecule has 0 unspecified atom stereocenters. The fourth-order valence-electron chi connectivity index (χ4n) is 3.76. The van der Waals surface area contributed by atoms with Crippen molar-refractivity contribution >= 4 is 35.5 Å². The summed E-state index contributed by atoms with van der Waals surface area (Å²) < 4.78 is 15.8. The lowest BCUT2D eigenvalue weighted by molar-refractivity contribution is -0.118. The maximum atomic E-state index is 13.6. The largest absolute Gasteiger partial charge is 0.299 e. The van der Waals surface area contributed by atoms with E-state index in [9.17, 15) is 9.18 Å². The Hall–Kier alpha value is -2.71. The molecule has 32 heavy (non-hydrogen) atoms. The minimum atomic E-state index is -0.393. The third kappa shape index (κ3) is 5.55. The van der Waals surface area contributed by atoms with Crippen LogP contribution in [0, 0.1) is 5.82 Å². The topological polar surface area (TPSA) is 72.2 Å².